The highest BCUT2D eigenvalue weighted by molar-refractivity contribution is 7.25. The van der Waals surface area contributed by atoms with Crippen LogP contribution < -0.4 is 4.90 Å². The van der Waals surface area contributed by atoms with Crippen LogP contribution in [0.25, 0.3) is 98.2 Å². The molecule has 12 aromatic rings. The van der Waals surface area contributed by atoms with Crippen LogP contribution in [0.5, 0.6) is 0 Å². The zero-order chi connectivity index (χ0) is 42.5. The zero-order valence-corrected chi connectivity index (χ0v) is 31.3. The van der Waals surface area contributed by atoms with E-state index in [2.05, 4.69) is 71.6 Å². The highest BCUT2D eigenvalue weighted by Crippen LogP contribution is 2.48. The molecule has 0 atom stereocenters. The number of hydrogen-bond acceptors (Lipinski definition) is 7. The number of hydrogen-bond donors (Lipinski definition) is 0. The van der Waals surface area contributed by atoms with Crippen LogP contribution in [0.15, 0.2) is 191 Å². The lowest BCUT2D eigenvalue weighted by Crippen LogP contribution is -2.10. The maximum atomic E-state index is 8.83. The molecule has 58 heavy (non-hydrogen) atoms. The summed E-state index contributed by atoms with van der Waals surface area (Å²) in [4.78, 5) is 16.8. The Morgan fingerprint density at radius 1 is 0.466 bits per heavy atom. The lowest BCUT2D eigenvalue weighted by molar-refractivity contribution is 0.669. The van der Waals surface area contributed by atoms with E-state index in [1.807, 2.05) is 84.9 Å². The molecule has 0 aliphatic heterocycles. The average molecular weight is 768 g/mol. The van der Waals surface area contributed by atoms with Gasteiger partial charge in [-0.3, -0.25) is 0 Å². The summed E-state index contributed by atoms with van der Waals surface area (Å²) in [5, 5.41) is 6.05. The molecule has 0 saturated carbocycles. The lowest BCUT2D eigenvalue weighted by atomic mass is 10.0. The van der Waals surface area contributed by atoms with Crippen molar-refractivity contribution in [2.24, 2.45) is 0 Å². The number of rotatable bonds is 6. The predicted molar refractivity (Wildman–Crippen MR) is 238 cm³/mol. The minimum absolute atomic E-state index is 0.0544. The van der Waals surface area contributed by atoms with E-state index in [9.17, 15) is 0 Å². The Kier molecular flexibility index (Phi) is 6.24. The Hall–Kier alpha value is -7.61. The minimum Gasteiger partial charge on any atom is -0.456 e. The molecule has 0 radical (unpaired) electrons. The maximum absolute atomic E-state index is 8.83. The fourth-order valence-electron chi connectivity index (χ4n) is 7.99. The van der Waals surface area contributed by atoms with Gasteiger partial charge in [-0.05, 0) is 60.7 Å². The SMILES string of the molecule is [2H]c1c([2H])c([2H])c(-c2nc(-c3ccccc3)nc(-c3ccc(N(c4ccc5c(c4)oc4ccccc45)c4ccc5sc6ccccc6c5c4)c4c3oc3ccccc34)n2)c([2H])c1[2H]. The second kappa shape index (κ2) is 13.0. The van der Waals surface area contributed by atoms with Gasteiger partial charge in [0.05, 0.1) is 23.5 Å². The van der Waals surface area contributed by atoms with E-state index in [0.29, 0.717) is 22.3 Å². The van der Waals surface area contributed by atoms with Crippen molar-refractivity contribution in [1.82, 2.24) is 15.0 Å². The Morgan fingerprint density at radius 2 is 1.10 bits per heavy atom. The number of nitrogens with zero attached hydrogens (tertiary/aromatic N) is 4. The van der Waals surface area contributed by atoms with E-state index in [-0.39, 0.29) is 23.0 Å². The molecule has 12 rings (SSSR count). The topological polar surface area (TPSA) is 68.2 Å². The summed E-state index contributed by atoms with van der Waals surface area (Å²) in [7, 11) is 0. The first-order chi connectivity index (χ1) is 30.8. The van der Waals surface area contributed by atoms with Crippen molar-refractivity contribution in [2.75, 3.05) is 4.90 Å². The van der Waals surface area contributed by atoms with E-state index in [4.69, 9.17) is 30.6 Å². The third-order valence-electron chi connectivity index (χ3n) is 10.6. The maximum Gasteiger partial charge on any atom is 0.167 e. The van der Waals surface area contributed by atoms with Gasteiger partial charge in [-0.15, -0.1) is 11.3 Å². The molecule has 272 valence electrons. The van der Waals surface area contributed by atoms with Crippen LogP contribution in [-0.2, 0) is 0 Å². The van der Waals surface area contributed by atoms with E-state index in [1.165, 1.54) is 14.8 Å². The molecule has 0 bridgehead atoms. The zero-order valence-electron chi connectivity index (χ0n) is 35.4. The summed E-state index contributed by atoms with van der Waals surface area (Å²) in [5.74, 6) is 0.428. The monoisotopic (exact) mass is 767 g/mol. The molecule has 7 heteroatoms. The van der Waals surface area contributed by atoms with Crippen molar-refractivity contribution in [3.63, 3.8) is 0 Å². The first-order valence-corrected chi connectivity index (χ1v) is 19.6. The molecule has 0 saturated heterocycles. The number of anilines is 3. The van der Waals surface area contributed by atoms with Gasteiger partial charge < -0.3 is 13.7 Å². The standard InChI is InChI=1S/C51H30N4O2S/c1-3-13-31(14-4-1)49-52-50(32-15-5-2-6-16-32)54-51(53-49)39-26-27-41(47-38-19-8-11-21-43(38)57-48(39)47)55(33-24-28-46-40(29-33)37-18-9-12-22-45(37)58-46)34-23-25-36-35-17-7-10-20-42(35)56-44(36)30-34/h1-30H/i1D,3D,4D,13D,14D. The van der Waals surface area contributed by atoms with Crippen LogP contribution in [0.3, 0.4) is 0 Å². The van der Waals surface area contributed by atoms with Gasteiger partial charge in [-0.1, -0.05) is 115 Å². The molecule has 0 spiro atoms. The Bertz CT molecular complexity index is 3820. The molecule has 0 unspecified atom stereocenters. The van der Waals surface area contributed by atoms with Gasteiger partial charge in [0.15, 0.2) is 17.5 Å². The molecule has 0 aliphatic rings. The van der Waals surface area contributed by atoms with Gasteiger partial charge >= 0.3 is 0 Å². The Balaban J connectivity index is 1.14. The number of aromatic nitrogens is 3. The molecule has 8 aromatic carbocycles. The lowest BCUT2D eigenvalue weighted by Gasteiger charge is -2.26. The molecule has 4 heterocycles. The minimum atomic E-state index is -0.499. The van der Waals surface area contributed by atoms with Gasteiger partial charge in [-0.2, -0.15) is 0 Å². The van der Waals surface area contributed by atoms with Gasteiger partial charge in [0.1, 0.15) is 22.3 Å². The second-order valence-corrected chi connectivity index (χ2v) is 15.1. The summed E-state index contributed by atoms with van der Waals surface area (Å²) in [6.07, 6.45) is 0. The second-order valence-electron chi connectivity index (χ2n) is 14.0. The molecular formula is C51H30N4O2S. The molecule has 0 aliphatic carbocycles. The van der Waals surface area contributed by atoms with E-state index in [0.717, 1.165) is 55.2 Å². The highest BCUT2D eigenvalue weighted by atomic mass is 32.1. The number of furan rings is 2. The Labute approximate surface area is 342 Å². The third kappa shape index (κ3) is 5.21. The van der Waals surface area contributed by atoms with Gasteiger partial charge in [-0.25, -0.2) is 15.0 Å². The average Bonchev–Trinajstić information content (AvgIpc) is 4.02. The number of para-hydroxylation sites is 2. The first kappa shape index (κ1) is 27.9. The Morgan fingerprint density at radius 3 is 1.95 bits per heavy atom. The van der Waals surface area contributed by atoms with Crippen molar-refractivity contribution in [3.05, 3.63) is 182 Å². The van der Waals surface area contributed by atoms with Crippen molar-refractivity contribution in [1.29, 1.82) is 0 Å². The van der Waals surface area contributed by atoms with E-state index < -0.39 is 30.2 Å². The van der Waals surface area contributed by atoms with Crippen molar-refractivity contribution >= 4 is 92.4 Å². The first-order valence-electron chi connectivity index (χ1n) is 21.3. The van der Waals surface area contributed by atoms with Crippen LogP contribution >= 0.6 is 11.3 Å². The molecule has 4 aromatic heterocycles. The van der Waals surface area contributed by atoms with Gasteiger partial charge in [0, 0.05) is 64.9 Å². The fraction of sp³-hybridized carbons (Fsp3) is 0. The van der Waals surface area contributed by atoms with Crippen molar-refractivity contribution in [2.45, 2.75) is 0 Å². The van der Waals surface area contributed by atoms with Crippen LogP contribution in [-0.4, -0.2) is 15.0 Å². The summed E-state index contributed by atoms with van der Waals surface area (Å²) < 4.78 is 58.4. The number of benzene rings is 8. The molecule has 0 amide bonds. The fourth-order valence-corrected chi connectivity index (χ4v) is 9.08. The molecule has 0 N–H and O–H groups in total. The largest absolute Gasteiger partial charge is 0.456 e. The molecular weight excluding hydrogens is 733 g/mol. The normalized spacial score (nSPS) is 13.0. The summed E-state index contributed by atoms with van der Waals surface area (Å²) in [6, 6.07) is 48.2. The van der Waals surface area contributed by atoms with Crippen LogP contribution in [0.2, 0.25) is 0 Å². The van der Waals surface area contributed by atoms with Crippen LogP contribution in [0.4, 0.5) is 17.1 Å². The third-order valence-corrected chi connectivity index (χ3v) is 11.8. The van der Waals surface area contributed by atoms with Crippen molar-refractivity contribution in [3.8, 4) is 34.2 Å². The van der Waals surface area contributed by atoms with Gasteiger partial charge in [0.25, 0.3) is 0 Å². The predicted octanol–water partition coefficient (Wildman–Crippen LogP) is 14.5. The summed E-state index contributed by atoms with van der Waals surface area (Å²) in [6.45, 7) is 0. The molecule has 0 fully saturated rings. The molecule has 6 nitrogen and oxygen atoms in total. The summed E-state index contributed by atoms with van der Waals surface area (Å²) >= 11 is 1.77. The van der Waals surface area contributed by atoms with E-state index >= 15 is 0 Å². The number of thiophene rings is 1. The van der Waals surface area contributed by atoms with Crippen molar-refractivity contribution < 1.29 is 15.7 Å². The smallest absolute Gasteiger partial charge is 0.167 e. The highest BCUT2D eigenvalue weighted by Gasteiger charge is 2.25. The van der Waals surface area contributed by atoms with E-state index in [1.54, 1.807) is 11.3 Å². The van der Waals surface area contributed by atoms with Crippen LogP contribution in [0.1, 0.15) is 6.85 Å². The number of fused-ring (bicyclic) bond motifs is 9. The van der Waals surface area contributed by atoms with Gasteiger partial charge in [0.2, 0.25) is 0 Å². The van der Waals surface area contributed by atoms with Crippen LogP contribution in [0, 0.1) is 0 Å². The quantitative estimate of drug-likeness (QED) is 0.168. The summed E-state index contributed by atoms with van der Waals surface area (Å²) in [5.41, 5.74) is 6.42.